The van der Waals surface area contributed by atoms with Gasteiger partial charge in [-0.05, 0) is 12.8 Å². The van der Waals surface area contributed by atoms with Gasteiger partial charge in [-0.15, -0.1) is 11.6 Å². The number of rotatable bonds is 6. The lowest BCUT2D eigenvalue weighted by molar-refractivity contribution is -0.140. The van der Waals surface area contributed by atoms with Crippen LogP contribution in [0, 0.1) is 0 Å². The van der Waals surface area contributed by atoms with Gasteiger partial charge in [0.05, 0.1) is 6.61 Å². The topological polar surface area (TPSA) is 63.6 Å². The molecule has 74 valence electrons. The summed E-state index contributed by atoms with van der Waals surface area (Å²) in [7, 11) is 0. The van der Waals surface area contributed by atoms with Crippen LogP contribution in [0.5, 0.6) is 0 Å². The summed E-state index contributed by atoms with van der Waals surface area (Å²) in [6.45, 7) is 3.50. The van der Waals surface area contributed by atoms with Crippen molar-refractivity contribution < 1.29 is 19.4 Å². The minimum absolute atomic E-state index is 0.113. The van der Waals surface area contributed by atoms with Crippen LogP contribution < -0.4 is 0 Å². The van der Waals surface area contributed by atoms with E-state index in [1.807, 2.05) is 0 Å². The Morgan fingerprint density at radius 1 is 1.46 bits per heavy atom. The number of carbonyl (C=O) groups excluding carboxylic acids is 1. The summed E-state index contributed by atoms with van der Waals surface area (Å²) in [5, 5.41) is 8.41. The third-order valence-electron chi connectivity index (χ3n) is 1.30. The van der Waals surface area contributed by atoms with Crippen molar-refractivity contribution in [3.05, 3.63) is 12.2 Å². The van der Waals surface area contributed by atoms with Crippen molar-refractivity contribution >= 4 is 23.5 Å². The van der Waals surface area contributed by atoms with Crippen molar-refractivity contribution in [1.29, 1.82) is 0 Å². The third-order valence-corrected chi connectivity index (χ3v) is 1.52. The van der Waals surface area contributed by atoms with E-state index in [0.717, 1.165) is 0 Å². The second kappa shape index (κ2) is 6.48. The van der Waals surface area contributed by atoms with Gasteiger partial charge < -0.3 is 9.84 Å². The van der Waals surface area contributed by atoms with Gasteiger partial charge in [0.2, 0.25) is 0 Å². The molecule has 4 nitrogen and oxygen atoms in total. The van der Waals surface area contributed by atoms with Crippen molar-refractivity contribution in [2.75, 3.05) is 12.5 Å². The number of hydrogen-bond donors (Lipinski definition) is 1. The average molecular weight is 207 g/mol. The fourth-order valence-corrected chi connectivity index (χ4v) is 0.694. The number of carboxylic acid groups (broad SMARTS) is 1. The number of halogens is 1. The minimum atomic E-state index is -1.02. The van der Waals surface area contributed by atoms with E-state index in [1.165, 1.54) is 0 Å². The first-order chi connectivity index (χ1) is 6.07. The van der Waals surface area contributed by atoms with Crippen molar-refractivity contribution in [2.24, 2.45) is 0 Å². The van der Waals surface area contributed by atoms with Crippen molar-refractivity contribution in [3.8, 4) is 0 Å². The van der Waals surface area contributed by atoms with Crippen LogP contribution in [-0.2, 0) is 14.3 Å². The molecule has 0 aromatic rings. The summed E-state index contributed by atoms with van der Waals surface area (Å²) >= 11 is 5.16. The van der Waals surface area contributed by atoms with E-state index in [-0.39, 0.29) is 18.1 Å². The van der Waals surface area contributed by atoms with Crippen LogP contribution in [-0.4, -0.2) is 29.5 Å². The fourth-order valence-electron chi connectivity index (χ4n) is 0.617. The van der Waals surface area contributed by atoms with Gasteiger partial charge in [-0.3, -0.25) is 4.79 Å². The quantitative estimate of drug-likeness (QED) is 0.307. The van der Waals surface area contributed by atoms with Gasteiger partial charge >= 0.3 is 11.9 Å². The summed E-state index contributed by atoms with van der Waals surface area (Å²) in [5.41, 5.74) is 0.113. The molecule has 13 heavy (non-hydrogen) atoms. The first kappa shape index (κ1) is 12.0. The van der Waals surface area contributed by atoms with Crippen molar-refractivity contribution in [3.63, 3.8) is 0 Å². The largest absolute Gasteiger partial charge is 0.478 e. The highest BCUT2D eigenvalue weighted by Crippen LogP contribution is 2.02. The van der Waals surface area contributed by atoms with Crippen LogP contribution in [0.25, 0.3) is 0 Å². The molecule has 0 aliphatic heterocycles. The third kappa shape index (κ3) is 6.16. The molecule has 0 amide bonds. The number of alkyl halides is 1. The molecule has 0 radical (unpaired) electrons. The summed E-state index contributed by atoms with van der Waals surface area (Å²) < 4.78 is 4.62. The van der Waals surface area contributed by atoms with E-state index in [1.54, 1.807) is 0 Å². The van der Waals surface area contributed by atoms with E-state index in [0.29, 0.717) is 12.8 Å². The molecular weight excluding hydrogens is 196 g/mol. The Morgan fingerprint density at radius 2 is 2.08 bits per heavy atom. The molecule has 0 bridgehead atoms. The smallest absolute Gasteiger partial charge is 0.330 e. The standard InChI is InChI=1S/C8H11ClO4/c1-6(8(11)12)3-2-4-13-7(10)5-9/h1-5H2,(H,11,12). The molecule has 1 N–H and O–H groups in total. The molecule has 0 unspecified atom stereocenters. The second-order valence-electron chi connectivity index (χ2n) is 2.37. The molecule has 0 aromatic heterocycles. The van der Waals surface area contributed by atoms with E-state index < -0.39 is 11.9 Å². The zero-order chi connectivity index (χ0) is 10.3. The number of carboxylic acids is 1. The molecule has 0 saturated carbocycles. The van der Waals surface area contributed by atoms with Gasteiger partial charge in [0.15, 0.2) is 0 Å². The number of carbonyl (C=O) groups is 2. The van der Waals surface area contributed by atoms with Gasteiger partial charge in [0.25, 0.3) is 0 Å². The molecule has 0 fully saturated rings. The van der Waals surface area contributed by atoms with E-state index in [4.69, 9.17) is 16.7 Å². The van der Waals surface area contributed by atoms with Crippen molar-refractivity contribution in [1.82, 2.24) is 0 Å². The second-order valence-corrected chi connectivity index (χ2v) is 2.63. The summed E-state index contributed by atoms with van der Waals surface area (Å²) in [5.74, 6) is -1.70. The Balaban J connectivity index is 3.41. The Kier molecular flexibility index (Phi) is 5.97. The lowest BCUT2D eigenvalue weighted by Crippen LogP contribution is -2.08. The van der Waals surface area contributed by atoms with Crippen LogP contribution >= 0.6 is 11.6 Å². The normalized spacial score (nSPS) is 9.31. The average Bonchev–Trinajstić information content (AvgIpc) is 2.11. The van der Waals surface area contributed by atoms with Crippen LogP contribution in [0.3, 0.4) is 0 Å². The number of esters is 1. The van der Waals surface area contributed by atoms with Crippen LogP contribution in [0.4, 0.5) is 0 Å². The van der Waals surface area contributed by atoms with Gasteiger partial charge in [0, 0.05) is 5.57 Å². The molecule has 0 rings (SSSR count). The van der Waals surface area contributed by atoms with E-state index >= 15 is 0 Å². The van der Waals surface area contributed by atoms with Crippen LogP contribution in [0.1, 0.15) is 12.8 Å². The SMILES string of the molecule is C=C(CCCOC(=O)CCl)C(=O)O. The molecule has 0 aliphatic rings. The number of hydrogen-bond acceptors (Lipinski definition) is 3. The molecular formula is C8H11ClO4. The maximum absolute atomic E-state index is 10.5. The van der Waals surface area contributed by atoms with Gasteiger partial charge in [-0.25, -0.2) is 4.79 Å². The molecule has 0 aliphatic carbocycles. The van der Waals surface area contributed by atoms with E-state index in [2.05, 4.69) is 11.3 Å². The van der Waals surface area contributed by atoms with Crippen LogP contribution in [0.15, 0.2) is 12.2 Å². The molecule has 5 heteroatoms. The molecule has 0 saturated heterocycles. The van der Waals surface area contributed by atoms with Gasteiger partial charge in [-0.2, -0.15) is 0 Å². The van der Waals surface area contributed by atoms with E-state index in [9.17, 15) is 9.59 Å². The Labute approximate surface area is 81.1 Å². The Morgan fingerprint density at radius 3 is 2.54 bits per heavy atom. The Bertz CT molecular complexity index is 212. The molecule has 0 atom stereocenters. The first-order valence-electron chi connectivity index (χ1n) is 3.70. The summed E-state index contributed by atoms with van der Waals surface area (Å²) in [6, 6.07) is 0. The predicted octanol–water partition coefficient (Wildman–Crippen LogP) is 1.19. The highest BCUT2D eigenvalue weighted by atomic mass is 35.5. The molecule has 0 aromatic carbocycles. The monoisotopic (exact) mass is 206 g/mol. The molecule has 0 spiro atoms. The first-order valence-corrected chi connectivity index (χ1v) is 4.24. The highest BCUT2D eigenvalue weighted by Gasteiger charge is 2.04. The fraction of sp³-hybridized carbons (Fsp3) is 0.500. The predicted molar refractivity (Wildman–Crippen MR) is 47.7 cm³/mol. The Hall–Kier alpha value is -1.03. The summed E-state index contributed by atoms with van der Waals surface area (Å²) in [6.07, 6.45) is 0.763. The minimum Gasteiger partial charge on any atom is -0.478 e. The highest BCUT2D eigenvalue weighted by molar-refractivity contribution is 6.26. The van der Waals surface area contributed by atoms with Gasteiger partial charge in [0.1, 0.15) is 5.88 Å². The van der Waals surface area contributed by atoms with Crippen LogP contribution in [0.2, 0.25) is 0 Å². The summed E-state index contributed by atoms with van der Waals surface area (Å²) in [4.78, 5) is 20.8. The lowest BCUT2D eigenvalue weighted by Gasteiger charge is -2.02. The lowest BCUT2D eigenvalue weighted by atomic mass is 10.2. The maximum atomic E-state index is 10.5. The number of aliphatic carboxylic acids is 1. The zero-order valence-electron chi connectivity index (χ0n) is 7.09. The maximum Gasteiger partial charge on any atom is 0.330 e. The zero-order valence-corrected chi connectivity index (χ0v) is 7.84. The van der Waals surface area contributed by atoms with Crippen molar-refractivity contribution in [2.45, 2.75) is 12.8 Å². The number of ether oxygens (including phenoxy) is 1. The molecule has 0 heterocycles. The van der Waals surface area contributed by atoms with Gasteiger partial charge in [-0.1, -0.05) is 6.58 Å².